The highest BCUT2D eigenvalue weighted by Gasteiger charge is 1.96. The van der Waals surface area contributed by atoms with E-state index in [1.54, 1.807) is 0 Å². The van der Waals surface area contributed by atoms with Gasteiger partial charge < -0.3 is 5.11 Å². The molecule has 0 aliphatic carbocycles. The number of carbonyl (C=O) groups is 1. The van der Waals surface area contributed by atoms with Gasteiger partial charge in [-0.1, -0.05) is 36.4 Å². The van der Waals surface area contributed by atoms with Crippen LogP contribution in [0.1, 0.15) is 0 Å². The van der Waals surface area contributed by atoms with Crippen LogP contribution in [0, 0.1) is 0 Å². The summed E-state index contributed by atoms with van der Waals surface area (Å²) in [5.41, 5.74) is 0.761. The molecule has 0 atom stereocenters. The minimum absolute atomic E-state index is 1.06. The molecule has 0 spiro atoms. The second-order valence-electron chi connectivity index (χ2n) is 3.63. The Kier molecular flexibility index (Phi) is 3.75. The number of aromatic nitrogens is 1. The predicted octanol–water partition coefficient (Wildman–Crippen LogP) is 4.29. The number of hydrogen-bond donors (Lipinski definition) is 1. The molecule has 0 aliphatic heterocycles. The molecule has 0 bridgehead atoms. The minimum Gasteiger partial charge on any atom is -0.469 e. The van der Waals surface area contributed by atoms with Crippen LogP contribution in [0.5, 0.6) is 0 Å². The third kappa shape index (κ3) is 2.96. The van der Waals surface area contributed by atoms with Crippen molar-refractivity contribution in [2.45, 2.75) is 0 Å². The van der Waals surface area contributed by atoms with E-state index in [4.69, 9.17) is 9.90 Å². The van der Waals surface area contributed by atoms with Crippen molar-refractivity contribution < 1.29 is 9.90 Å². The average molecular weight is 260 g/mol. The van der Waals surface area contributed by atoms with Crippen molar-refractivity contribution in [1.82, 2.24) is 4.98 Å². The number of benzene rings is 2. The molecule has 3 nitrogen and oxygen atoms in total. The van der Waals surface area contributed by atoms with E-state index in [0.29, 0.717) is 0 Å². The van der Waals surface area contributed by atoms with E-state index < -0.39 is 5.43 Å². The zero-order valence-electron chi connectivity index (χ0n) is 9.38. The summed E-state index contributed by atoms with van der Waals surface area (Å²) in [6.45, 7) is 0. The average Bonchev–Trinajstić information content (AvgIpc) is 2.35. The molecule has 1 N–H and O–H groups in total. The van der Waals surface area contributed by atoms with Crippen LogP contribution in [-0.2, 0) is 0 Å². The fourth-order valence-electron chi connectivity index (χ4n) is 1.72. The van der Waals surface area contributed by atoms with Gasteiger partial charge in [-0.25, -0.2) is 9.78 Å². The van der Waals surface area contributed by atoms with Gasteiger partial charge in [-0.3, -0.25) is 0 Å². The van der Waals surface area contributed by atoms with Gasteiger partial charge in [0.2, 0.25) is 0 Å². The lowest BCUT2D eigenvalue weighted by atomic mass is 10.1. The largest absolute Gasteiger partial charge is 0.469 e. The van der Waals surface area contributed by atoms with Gasteiger partial charge in [0.1, 0.15) is 0 Å². The lowest BCUT2D eigenvalue weighted by Crippen LogP contribution is -1.80. The van der Waals surface area contributed by atoms with E-state index in [-0.39, 0.29) is 0 Å². The molecule has 0 unspecified atom stereocenters. The fraction of sp³-hybridized carbons (Fsp3) is 0. The zero-order valence-corrected chi connectivity index (χ0v) is 10.1. The van der Waals surface area contributed by atoms with Gasteiger partial charge in [-0.15, -0.1) is 0 Å². The molecule has 0 fully saturated rings. The number of halogens is 1. The quantitative estimate of drug-likeness (QED) is 0.484. The summed E-state index contributed by atoms with van der Waals surface area (Å²) in [5, 5.41) is 9.58. The fourth-order valence-corrected chi connectivity index (χ4v) is 1.72. The molecule has 0 amide bonds. The van der Waals surface area contributed by atoms with Crippen LogP contribution < -0.4 is 0 Å². The van der Waals surface area contributed by atoms with Crippen molar-refractivity contribution in [3.05, 3.63) is 54.6 Å². The summed E-state index contributed by atoms with van der Waals surface area (Å²) in [4.78, 5) is 13.3. The SMILES string of the molecule is O=C(O)Cl.c1ccc2nc3ccccc3cc2c1. The number of carboxylic acid groups (broad SMARTS) is 1. The zero-order chi connectivity index (χ0) is 13.0. The molecule has 0 radical (unpaired) electrons. The van der Waals surface area contributed by atoms with Crippen LogP contribution in [0.3, 0.4) is 0 Å². The highest BCUT2D eigenvalue weighted by molar-refractivity contribution is 6.60. The first-order valence-electron chi connectivity index (χ1n) is 5.30. The number of rotatable bonds is 0. The van der Waals surface area contributed by atoms with Crippen molar-refractivity contribution in [2.75, 3.05) is 0 Å². The van der Waals surface area contributed by atoms with Gasteiger partial charge >= 0.3 is 5.43 Å². The molecular weight excluding hydrogens is 250 g/mol. The van der Waals surface area contributed by atoms with E-state index in [1.165, 1.54) is 10.8 Å². The molecule has 0 saturated carbocycles. The lowest BCUT2D eigenvalue weighted by molar-refractivity contribution is 0.220. The molecule has 0 saturated heterocycles. The first-order valence-corrected chi connectivity index (χ1v) is 5.67. The monoisotopic (exact) mass is 259 g/mol. The maximum atomic E-state index is 8.77. The normalized spacial score (nSPS) is 9.83. The number of fused-ring (bicyclic) bond motifs is 2. The molecule has 90 valence electrons. The van der Waals surface area contributed by atoms with Gasteiger partial charge in [-0.05, 0) is 18.2 Å². The Morgan fingerprint density at radius 1 is 0.944 bits per heavy atom. The van der Waals surface area contributed by atoms with Crippen LogP contribution in [0.25, 0.3) is 21.8 Å². The van der Waals surface area contributed by atoms with Gasteiger partial charge in [0.25, 0.3) is 0 Å². The van der Waals surface area contributed by atoms with E-state index in [0.717, 1.165) is 11.0 Å². The maximum Gasteiger partial charge on any atom is 0.401 e. The predicted molar refractivity (Wildman–Crippen MR) is 73.1 cm³/mol. The summed E-state index contributed by atoms with van der Waals surface area (Å²) >= 11 is 4.19. The van der Waals surface area contributed by atoms with Crippen LogP contribution in [0.15, 0.2) is 54.6 Å². The van der Waals surface area contributed by atoms with Gasteiger partial charge in [0.15, 0.2) is 0 Å². The highest BCUT2D eigenvalue weighted by atomic mass is 35.5. The second-order valence-corrected chi connectivity index (χ2v) is 3.95. The summed E-state index contributed by atoms with van der Waals surface area (Å²) in [6, 6.07) is 18.6. The second kappa shape index (κ2) is 5.47. The Balaban J connectivity index is 0.000000267. The number of pyridine rings is 1. The van der Waals surface area contributed by atoms with E-state index in [2.05, 4.69) is 34.8 Å². The maximum absolute atomic E-state index is 8.77. The molecule has 3 rings (SSSR count). The molecule has 3 aromatic rings. The topological polar surface area (TPSA) is 50.2 Å². The number of nitrogens with zero attached hydrogens (tertiary/aromatic N) is 1. The molecule has 18 heavy (non-hydrogen) atoms. The summed E-state index contributed by atoms with van der Waals surface area (Å²) in [5.74, 6) is 0. The van der Waals surface area contributed by atoms with Crippen LogP contribution in [0.4, 0.5) is 4.79 Å². The summed E-state index contributed by atoms with van der Waals surface area (Å²) in [6.07, 6.45) is 0. The third-order valence-electron chi connectivity index (χ3n) is 2.43. The molecule has 1 heterocycles. The van der Waals surface area contributed by atoms with E-state index in [1.807, 2.05) is 36.4 Å². The van der Waals surface area contributed by atoms with Gasteiger partial charge in [-0.2, -0.15) is 0 Å². The molecule has 2 aromatic carbocycles. The molecule has 4 heteroatoms. The Hall–Kier alpha value is -2.13. The molecule has 1 aromatic heterocycles. The van der Waals surface area contributed by atoms with Crippen LogP contribution in [-0.4, -0.2) is 15.5 Å². The van der Waals surface area contributed by atoms with Crippen molar-refractivity contribution in [2.24, 2.45) is 0 Å². The van der Waals surface area contributed by atoms with E-state index >= 15 is 0 Å². The first-order chi connectivity index (χ1) is 8.66. The Morgan fingerprint density at radius 2 is 1.33 bits per heavy atom. The number of hydrogen-bond acceptors (Lipinski definition) is 2. The van der Waals surface area contributed by atoms with E-state index in [9.17, 15) is 0 Å². The van der Waals surface area contributed by atoms with Crippen molar-refractivity contribution >= 4 is 38.8 Å². The first kappa shape index (κ1) is 12.3. The summed E-state index contributed by atoms with van der Waals surface area (Å²) < 4.78 is 0. The number of para-hydroxylation sites is 2. The smallest absolute Gasteiger partial charge is 0.401 e. The Morgan fingerprint density at radius 3 is 1.78 bits per heavy atom. The van der Waals surface area contributed by atoms with Crippen molar-refractivity contribution in [3.63, 3.8) is 0 Å². The Bertz CT molecular complexity index is 588. The third-order valence-corrected chi connectivity index (χ3v) is 2.43. The van der Waals surface area contributed by atoms with Crippen LogP contribution >= 0.6 is 11.6 Å². The van der Waals surface area contributed by atoms with Crippen molar-refractivity contribution in [1.29, 1.82) is 0 Å². The minimum atomic E-state index is -1.36. The highest BCUT2D eigenvalue weighted by Crippen LogP contribution is 2.18. The standard InChI is InChI=1S/C13H9N.CHClO2/c1-3-7-12-10(5-1)9-11-6-2-4-8-13(11)14-12;2-1(3)4/h1-9H;(H,3,4). The molecule has 0 aliphatic rings. The lowest BCUT2D eigenvalue weighted by Gasteiger charge is -1.99. The van der Waals surface area contributed by atoms with Gasteiger partial charge in [0, 0.05) is 22.4 Å². The van der Waals surface area contributed by atoms with Crippen molar-refractivity contribution in [3.8, 4) is 0 Å². The summed E-state index contributed by atoms with van der Waals surface area (Å²) in [7, 11) is 0. The van der Waals surface area contributed by atoms with Gasteiger partial charge in [0.05, 0.1) is 11.0 Å². The van der Waals surface area contributed by atoms with Crippen LogP contribution in [0.2, 0.25) is 0 Å². The molecular formula is C14H10ClNO2. The Labute approximate surface area is 109 Å².